The first kappa shape index (κ1) is 4.82. The average molecular weight is 98.1 g/mol. The molecule has 0 heterocycles. The highest BCUT2D eigenvalue weighted by molar-refractivity contribution is 5.82. The van der Waals surface area contributed by atoms with Crippen LogP contribution in [0.3, 0.4) is 0 Å². The molecule has 1 rings (SSSR count). The fourth-order valence-corrected chi connectivity index (χ4v) is 0.990. The van der Waals surface area contributed by atoms with Gasteiger partial charge in [-0.15, -0.1) is 0 Å². The molecule has 1 atom stereocenters. The molecule has 0 aromatic carbocycles. The maximum Gasteiger partial charge on any atom is 0.135 e. The molecule has 40 valence electrons. The fraction of sp³-hybridized carbons (Fsp3) is 0.833. The third-order valence-electron chi connectivity index (χ3n) is 1.61. The Labute approximate surface area is 43.7 Å². The second-order valence-corrected chi connectivity index (χ2v) is 2.26. The van der Waals surface area contributed by atoms with Crippen molar-refractivity contribution in [1.82, 2.24) is 0 Å². The summed E-state index contributed by atoms with van der Waals surface area (Å²) < 4.78 is 0. The van der Waals surface area contributed by atoms with Crippen molar-refractivity contribution < 1.29 is 4.79 Å². The van der Waals surface area contributed by atoms with Crippen LogP contribution in [0, 0.1) is 5.92 Å². The highest BCUT2D eigenvalue weighted by Gasteiger charge is 2.18. The first-order chi connectivity index (χ1) is 3.30. The Hall–Kier alpha value is -0.330. The van der Waals surface area contributed by atoms with Crippen molar-refractivity contribution in [2.45, 2.75) is 26.2 Å². The Kier molecular flexibility index (Phi) is 1.13. The molecule has 1 fully saturated rings. The van der Waals surface area contributed by atoms with Crippen LogP contribution in [0.5, 0.6) is 0 Å². The molecular formula is C6H10O. The van der Waals surface area contributed by atoms with Crippen LogP contribution < -0.4 is 0 Å². The van der Waals surface area contributed by atoms with Gasteiger partial charge >= 0.3 is 0 Å². The van der Waals surface area contributed by atoms with Crippen LogP contribution in [0.4, 0.5) is 0 Å². The van der Waals surface area contributed by atoms with Crippen LogP contribution >= 0.6 is 0 Å². The van der Waals surface area contributed by atoms with Gasteiger partial charge in [-0.1, -0.05) is 6.92 Å². The number of hydrogen-bond donors (Lipinski definition) is 0. The van der Waals surface area contributed by atoms with Crippen molar-refractivity contribution in [2.75, 3.05) is 0 Å². The number of carbonyl (C=O) groups is 1. The Morgan fingerprint density at radius 1 is 1.71 bits per heavy atom. The summed E-state index contributed by atoms with van der Waals surface area (Å²) in [5.41, 5.74) is 0. The zero-order valence-corrected chi connectivity index (χ0v) is 4.61. The lowest BCUT2D eigenvalue weighted by Crippen LogP contribution is -1.98. The normalized spacial score (nSPS) is 31.6. The van der Waals surface area contributed by atoms with Gasteiger partial charge in [0.2, 0.25) is 0 Å². The summed E-state index contributed by atoms with van der Waals surface area (Å²) in [6.45, 7) is 2.01. The van der Waals surface area contributed by atoms with Gasteiger partial charge in [-0.3, -0.25) is 4.79 Å². The molecule has 1 nitrogen and oxygen atoms in total. The lowest BCUT2D eigenvalue weighted by Gasteiger charge is -1.91. The van der Waals surface area contributed by atoms with Crippen LogP contribution in [-0.2, 0) is 4.79 Å². The third-order valence-corrected chi connectivity index (χ3v) is 1.61. The Morgan fingerprint density at radius 3 is 2.57 bits per heavy atom. The van der Waals surface area contributed by atoms with Gasteiger partial charge in [-0.25, -0.2) is 0 Å². The van der Waals surface area contributed by atoms with Crippen molar-refractivity contribution in [3.63, 3.8) is 0 Å². The van der Waals surface area contributed by atoms with E-state index in [0.717, 1.165) is 19.3 Å². The van der Waals surface area contributed by atoms with Crippen LogP contribution in [-0.4, -0.2) is 5.78 Å². The summed E-state index contributed by atoms with van der Waals surface area (Å²) >= 11 is 0. The topological polar surface area (TPSA) is 17.1 Å². The van der Waals surface area contributed by atoms with Crippen LogP contribution in [0.2, 0.25) is 0 Å². The molecule has 0 bridgehead atoms. The van der Waals surface area contributed by atoms with Gasteiger partial charge in [0.05, 0.1) is 0 Å². The molecule has 0 spiro atoms. The van der Waals surface area contributed by atoms with Gasteiger partial charge in [0, 0.05) is 12.3 Å². The fourth-order valence-electron chi connectivity index (χ4n) is 0.990. The maximum absolute atomic E-state index is 10.6. The van der Waals surface area contributed by atoms with Crippen molar-refractivity contribution in [3.05, 3.63) is 0 Å². The minimum absolute atomic E-state index is 0.375. The Balaban J connectivity index is 2.48. The zero-order valence-electron chi connectivity index (χ0n) is 4.61. The number of hydrogen-bond acceptors (Lipinski definition) is 1. The van der Waals surface area contributed by atoms with E-state index in [0.29, 0.717) is 11.7 Å². The molecule has 1 heteroatoms. The predicted molar refractivity (Wildman–Crippen MR) is 28.0 cm³/mol. The van der Waals surface area contributed by atoms with Gasteiger partial charge in [-0.05, 0) is 12.8 Å². The molecule has 0 saturated heterocycles. The van der Waals surface area contributed by atoms with Gasteiger partial charge in [0.25, 0.3) is 0 Å². The molecule has 0 amide bonds. The second-order valence-electron chi connectivity index (χ2n) is 2.26. The molecule has 0 aromatic heterocycles. The van der Waals surface area contributed by atoms with Crippen molar-refractivity contribution in [2.24, 2.45) is 5.92 Å². The number of ketones is 1. The monoisotopic (exact) mass is 98.1 g/mol. The molecule has 0 aromatic rings. The molecule has 0 aliphatic heterocycles. The molecule has 1 aliphatic carbocycles. The molecule has 0 N–H and O–H groups in total. The summed E-state index contributed by atoms with van der Waals surface area (Å²) in [6, 6.07) is 0. The number of Topliss-reactive ketones (excluding diaryl/α,β-unsaturated/α-hetero) is 1. The van der Waals surface area contributed by atoms with Crippen molar-refractivity contribution in [3.8, 4) is 0 Å². The van der Waals surface area contributed by atoms with Gasteiger partial charge in [0.1, 0.15) is 5.78 Å². The predicted octanol–water partition coefficient (Wildman–Crippen LogP) is 1.38. The first-order valence-electron chi connectivity index (χ1n) is 2.83. The first-order valence-corrected chi connectivity index (χ1v) is 2.83. The van der Waals surface area contributed by atoms with E-state index in [4.69, 9.17) is 0 Å². The highest BCUT2D eigenvalue weighted by atomic mass is 16.1. The smallest absolute Gasteiger partial charge is 0.135 e. The summed E-state index contributed by atoms with van der Waals surface area (Å²) in [4.78, 5) is 10.6. The minimum atomic E-state index is 0.375. The summed E-state index contributed by atoms with van der Waals surface area (Å²) in [6.07, 6.45) is 3.08. The zero-order chi connectivity index (χ0) is 5.28. The van der Waals surface area contributed by atoms with Crippen LogP contribution in [0.1, 0.15) is 26.2 Å². The molecule has 1 aliphatic rings. The lowest BCUT2D eigenvalue weighted by molar-refractivity contribution is -0.120. The Bertz CT molecular complexity index is 86.2. The van der Waals surface area contributed by atoms with Crippen molar-refractivity contribution in [1.29, 1.82) is 0 Å². The molecule has 1 saturated carbocycles. The quantitative estimate of drug-likeness (QED) is 0.447. The van der Waals surface area contributed by atoms with E-state index in [9.17, 15) is 4.79 Å². The highest BCUT2D eigenvalue weighted by Crippen LogP contribution is 2.19. The van der Waals surface area contributed by atoms with E-state index >= 15 is 0 Å². The van der Waals surface area contributed by atoms with E-state index in [1.54, 1.807) is 0 Å². The second kappa shape index (κ2) is 1.65. The minimum Gasteiger partial charge on any atom is -0.299 e. The number of rotatable bonds is 0. The summed E-state index contributed by atoms with van der Waals surface area (Å²) in [5.74, 6) is 0.833. The largest absolute Gasteiger partial charge is 0.299 e. The number of carbonyl (C=O) groups excluding carboxylic acids is 1. The summed E-state index contributed by atoms with van der Waals surface area (Å²) in [5, 5.41) is 0. The molecular weight excluding hydrogens is 88.1 g/mol. The van der Waals surface area contributed by atoms with Crippen LogP contribution in [0.15, 0.2) is 0 Å². The average Bonchev–Trinajstić information content (AvgIpc) is 1.91. The molecule has 0 radical (unpaired) electrons. The van der Waals surface area contributed by atoms with E-state index < -0.39 is 0 Å². The van der Waals surface area contributed by atoms with Gasteiger partial charge < -0.3 is 0 Å². The van der Waals surface area contributed by atoms with E-state index in [1.807, 2.05) is 6.92 Å². The van der Waals surface area contributed by atoms with E-state index in [-0.39, 0.29) is 0 Å². The van der Waals surface area contributed by atoms with E-state index in [1.165, 1.54) is 0 Å². The molecule has 7 heavy (non-hydrogen) atoms. The van der Waals surface area contributed by atoms with Gasteiger partial charge in [0.15, 0.2) is 0 Å². The Morgan fingerprint density at radius 2 is 2.43 bits per heavy atom. The third kappa shape index (κ3) is 0.817. The summed E-state index contributed by atoms with van der Waals surface area (Å²) in [7, 11) is 0. The standard InChI is InChI=1S/C6H10O/c1-5-3-2-4-6(5)7/h5H,2-4H2,1H3/t5-/m1/s1. The SMILES string of the molecule is C[C@@H]1CCCC1=O. The maximum atomic E-state index is 10.6. The molecule has 0 unspecified atom stereocenters. The van der Waals surface area contributed by atoms with Crippen LogP contribution in [0.25, 0.3) is 0 Å². The van der Waals surface area contributed by atoms with Crippen molar-refractivity contribution >= 4 is 5.78 Å². The van der Waals surface area contributed by atoms with Gasteiger partial charge in [-0.2, -0.15) is 0 Å². The lowest BCUT2D eigenvalue weighted by atomic mass is 10.1. The van der Waals surface area contributed by atoms with E-state index in [2.05, 4.69) is 0 Å².